The van der Waals surface area contributed by atoms with Gasteiger partial charge in [-0.15, -0.1) is 0 Å². The van der Waals surface area contributed by atoms with Gasteiger partial charge in [0, 0.05) is 19.1 Å². The Labute approximate surface area is 118 Å². The SMILES string of the molecule is CCNCc1ccc(OCCN(C)C(C)CC)cc1. The van der Waals surface area contributed by atoms with Crippen molar-refractivity contribution in [3.8, 4) is 5.75 Å². The third kappa shape index (κ3) is 6.08. The fourth-order valence-corrected chi connectivity index (χ4v) is 1.81. The first-order valence-corrected chi connectivity index (χ1v) is 7.30. The van der Waals surface area contributed by atoms with E-state index in [1.807, 2.05) is 0 Å². The second kappa shape index (κ2) is 8.94. The molecule has 0 bridgehead atoms. The Bertz CT molecular complexity index is 337. The van der Waals surface area contributed by atoms with Gasteiger partial charge in [0.1, 0.15) is 12.4 Å². The summed E-state index contributed by atoms with van der Waals surface area (Å²) in [5.41, 5.74) is 1.30. The van der Waals surface area contributed by atoms with Crippen LogP contribution in [-0.4, -0.2) is 37.7 Å². The molecule has 1 rings (SSSR count). The van der Waals surface area contributed by atoms with E-state index in [9.17, 15) is 0 Å². The molecule has 1 N–H and O–H groups in total. The van der Waals surface area contributed by atoms with Gasteiger partial charge in [-0.05, 0) is 44.6 Å². The average Bonchev–Trinajstić information content (AvgIpc) is 2.45. The Hall–Kier alpha value is -1.06. The number of nitrogens with zero attached hydrogens (tertiary/aromatic N) is 1. The number of ether oxygens (including phenoxy) is 1. The summed E-state index contributed by atoms with van der Waals surface area (Å²) in [7, 11) is 2.15. The zero-order chi connectivity index (χ0) is 14.1. The van der Waals surface area contributed by atoms with Crippen molar-refractivity contribution < 1.29 is 4.74 Å². The molecule has 0 fully saturated rings. The summed E-state index contributed by atoms with van der Waals surface area (Å²) in [5, 5.41) is 3.31. The van der Waals surface area contributed by atoms with Crippen molar-refractivity contribution in [3.63, 3.8) is 0 Å². The molecule has 0 radical (unpaired) electrons. The molecule has 1 aromatic rings. The molecule has 0 aromatic heterocycles. The lowest BCUT2D eigenvalue weighted by Gasteiger charge is -2.23. The lowest BCUT2D eigenvalue weighted by Crippen LogP contribution is -2.32. The first-order chi connectivity index (χ1) is 9.17. The van der Waals surface area contributed by atoms with E-state index in [-0.39, 0.29) is 0 Å². The minimum absolute atomic E-state index is 0.617. The predicted octanol–water partition coefficient (Wildman–Crippen LogP) is 2.91. The van der Waals surface area contributed by atoms with Gasteiger partial charge < -0.3 is 15.0 Å². The van der Waals surface area contributed by atoms with E-state index in [2.05, 4.69) is 62.3 Å². The van der Waals surface area contributed by atoms with Gasteiger partial charge in [-0.2, -0.15) is 0 Å². The molecule has 0 aliphatic rings. The largest absolute Gasteiger partial charge is 0.492 e. The van der Waals surface area contributed by atoms with Crippen LogP contribution in [-0.2, 0) is 6.54 Å². The van der Waals surface area contributed by atoms with E-state index in [4.69, 9.17) is 4.74 Å². The third-order valence-electron chi connectivity index (χ3n) is 3.56. The molecule has 0 aliphatic heterocycles. The number of hydrogen-bond acceptors (Lipinski definition) is 3. The van der Waals surface area contributed by atoms with Gasteiger partial charge in [0.05, 0.1) is 0 Å². The van der Waals surface area contributed by atoms with Crippen molar-refractivity contribution in [1.29, 1.82) is 0 Å². The topological polar surface area (TPSA) is 24.5 Å². The van der Waals surface area contributed by atoms with Gasteiger partial charge in [-0.25, -0.2) is 0 Å². The number of likely N-dealkylation sites (N-methyl/N-ethyl adjacent to an activating group) is 1. The second-order valence-corrected chi connectivity index (χ2v) is 5.01. The molecule has 1 aromatic carbocycles. The molecule has 108 valence electrons. The first kappa shape index (κ1) is 16.0. The molecule has 1 unspecified atom stereocenters. The van der Waals surface area contributed by atoms with Crippen molar-refractivity contribution in [2.45, 2.75) is 39.8 Å². The van der Waals surface area contributed by atoms with Crippen LogP contribution >= 0.6 is 0 Å². The van der Waals surface area contributed by atoms with Gasteiger partial charge in [0.25, 0.3) is 0 Å². The lowest BCUT2D eigenvalue weighted by molar-refractivity contribution is 0.196. The van der Waals surface area contributed by atoms with Crippen molar-refractivity contribution in [2.75, 3.05) is 26.7 Å². The zero-order valence-corrected chi connectivity index (χ0v) is 12.8. The van der Waals surface area contributed by atoms with Gasteiger partial charge in [0.2, 0.25) is 0 Å². The maximum Gasteiger partial charge on any atom is 0.119 e. The highest BCUT2D eigenvalue weighted by Gasteiger charge is 2.06. The highest BCUT2D eigenvalue weighted by atomic mass is 16.5. The summed E-state index contributed by atoms with van der Waals surface area (Å²) in [6.07, 6.45) is 1.18. The van der Waals surface area contributed by atoms with Crippen molar-refractivity contribution in [3.05, 3.63) is 29.8 Å². The summed E-state index contributed by atoms with van der Waals surface area (Å²) in [4.78, 5) is 2.33. The smallest absolute Gasteiger partial charge is 0.119 e. The maximum absolute atomic E-state index is 5.77. The van der Waals surface area contributed by atoms with Crippen LogP contribution in [0.5, 0.6) is 5.75 Å². The highest BCUT2D eigenvalue weighted by Crippen LogP contribution is 2.12. The number of rotatable bonds is 9. The molecule has 0 amide bonds. The zero-order valence-electron chi connectivity index (χ0n) is 12.8. The van der Waals surface area contributed by atoms with Crippen molar-refractivity contribution in [2.24, 2.45) is 0 Å². The van der Waals surface area contributed by atoms with E-state index < -0.39 is 0 Å². The first-order valence-electron chi connectivity index (χ1n) is 7.30. The molecule has 0 saturated carbocycles. The molecule has 3 heteroatoms. The predicted molar refractivity (Wildman–Crippen MR) is 81.7 cm³/mol. The van der Waals surface area contributed by atoms with Crippen LogP contribution in [0.3, 0.4) is 0 Å². The fourth-order valence-electron chi connectivity index (χ4n) is 1.81. The Morgan fingerprint density at radius 2 is 1.89 bits per heavy atom. The van der Waals surface area contributed by atoms with E-state index in [0.29, 0.717) is 6.04 Å². The Morgan fingerprint density at radius 1 is 1.21 bits per heavy atom. The van der Waals surface area contributed by atoms with Crippen LogP contribution in [0.1, 0.15) is 32.8 Å². The second-order valence-electron chi connectivity index (χ2n) is 5.01. The Kier molecular flexibility index (Phi) is 7.53. The highest BCUT2D eigenvalue weighted by molar-refractivity contribution is 5.27. The van der Waals surface area contributed by atoms with Gasteiger partial charge in [-0.1, -0.05) is 26.0 Å². The lowest BCUT2D eigenvalue weighted by atomic mass is 10.2. The standard InChI is InChI=1S/C16H28N2O/c1-5-14(3)18(4)11-12-19-16-9-7-15(8-10-16)13-17-6-2/h7-10,14,17H,5-6,11-13H2,1-4H3. The minimum Gasteiger partial charge on any atom is -0.492 e. The van der Waals surface area contributed by atoms with E-state index in [0.717, 1.165) is 32.0 Å². The van der Waals surface area contributed by atoms with Crippen LogP contribution in [0.25, 0.3) is 0 Å². The molecule has 0 heterocycles. The van der Waals surface area contributed by atoms with Crippen LogP contribution in [0.15, 0.2) is 24.3 Å². The van der Waals surface area contributed by atoms with Crippen LogP contribution in [0, 0.1) is 0 Å². The summed E-state index contributed by atoms with van der Waals surface area (Å²) in [5.74, 6) is 0.956. The molecular weight excluding hydrogens is 236 g/mol. The summed E-state index contributed by atoms with van der Waals surface area (Å²) in [6, 6.07) is 8.96. The fraction of sp³-hybridized carbons (Fsp3) is 0.625. The molecule has 0 saturated heterocycles. The van der Waals surface area contributed by atoms with Crippen molar-refractivity contribution >= 4 is 0 Å². The monoisotopic (exact) mass is 264 g/mol. The molecule has 0 aliphatic carbocycles. The van der Waals surface area contributed by atoms with Crippen LogP contribution in [0.2, 0.25) is 0 Å². The molecular formula is C16H28N2O. The van der Waals surface area contributed by atoms with Gasteiger partial charge in [-0.3, -0.25) is 0 Å². The summed E-state index contributed by atoms with van der Waals surface area (Å²) < 4.78 is 5.77. The van der Waals surface area contributed by atoms with Crippen LogP contribution < -0.4 is 10.1 Å². The quantitative estimate of drug-likeness (QED) is 0.742. The molecule has 1 atom stereocenters. The number of nitrogens with one attached hydrogen (secondary N) is 1. The number of benzene rings is 1. The van der Waals surface area contributed by atoms with Crippen LogP contribution in [0.4, 0.5) is 0 Å². The average molecular weight is 264 g/mol. The summed E-state index contributed by atoms with van der Waals surface area (Å²) in [6.45, 7) is 10.2. The number of hydrogen-bond donors (Lipinski definition) is 1. The van der Waals surface area contributed by atoms with Gasteiger partial charge >= 0.3 is 0 Å². The molecule has 0 spiro atoms. The molecule has 3 nitrogen and oxygen atoms in total. The Morgan fingerprint density at radius 3 is 2.47 bits per heavy atom. The third-order valence-corrected chi connectivity index (χ3v) is 3.56. The Balaban J connectivity index is 2.29. The van der Waals surface area contributed by atoms with E-state index >= 15 is 0 Å². The maximum atomic E-state index is 5.77. The van der Waals surface area contributed by atoms with E-state index in [1.54, 1.807) is 0 Å². The van der Waals surface area contributed by atoms with E-state index in [1.165, 1.54) is 12.0 Å². The van der Waals surface area contributed by atoms with Crippen molar-refractivity contribution in [1.82, 2.24) is 10.2 Å². The minimum atomic E-state index is 0.617. The molecule has 19 heavy (non-hydrogen) atoms. The van der Waals surface area contributed by atoms with Gasteiger partial charge in [0.15, 0.2) is 0 Å². The summed E-state index contributed by atoms with van der Waals surface area (Å²) >= 11 is 0. The normalized spacial score (nSPS) is 12.7.